The summed E-state index contributed by atoms with van der Waals surface area (Å²) in [4.78, 5) is 99.5. The smallest absolute Gasteiger partial charge is 0.321 e. The van der Waals surface area contributed by atoms with Gasteiger partial charge in [-0.3, -0.25) is 74.5 Å². The predicted molar refractivity (Wildman–Crippen MR) is 209 cm³/mol. The zero-order valence-electron chi connectivity index (χ0n) is 30.0. The number of carbonyl (C=O) groups is 5. The summed E-state index contributed by atoms with van der Waals surface area (Å²) in [6.07, 6.45) is 2.15. The second-order valence-electron chi connectivity index (χ2n) is 10.4. The van der Waals surface area contributed by atoms with E-state index in [4.69, 9.17) is 27.9 Å². The molecule has 0 saturated carbocycles. The van der Waals surface area contributed by atoms with Crippen LogP contribution in [0.3, 0.4) is 0 Å². The van der Waals surface area contributed by atoms with Crippen LogP contribution in [0.15, 0.2) is 97.1 Å². The average Bonchev–Trinajstić information content (AvgIpc) is 3.24. The van der Waals surface area contributed by atoms with Crippen LogP contribution in [-0.2, 0) is 0 Å². The average molecular weight is 873 g/mol. The first-order valence-electron chi connectivity index (χ1n) is 15.5. The summed E-state index contributed by atoms with van der Waals surface area (Å²) < 4.78 is 17.6. The summed E-state index contributed by atoms with van der Waals surface area (Å²) in [5.41, 5.74) is -1.35. The third kappa shape index (κ3) is 15.0. The summed E-state index contributed by atoms with van der Waals surface area (Å²) in [5, 5.41) is 51.6. The van der Waals surface area contributed by atoms with Crippen molar-refractivity contribution in [3.63, 3.8) is 0 Å². The standard InChI is InChI=1S/C8H7NO4.2C7H4ClNO3.C7H4FNO3.C7H5NO3/c1-13-7-4-2-3-6(5-10)8(7)9(11)12;8-6-2-1-5(4-10)3-7(6)9(11)12;8-6-2-1-3-7(9(11)12)5(6)4-10;8-7-5(4-10)2-1-3-6(7)9(11)12;9-5-6-2-1-3-7(4-6)8(10)11/h2-5H,1H3;3*1-4H;1-5H. The fourth-order valence-electron chi connectivity index (χ4n) is 4.02. The molecule has 21 nitrogen and oxygen atoms in total. The van der Waals surface area contributed by atoms with Gasteiger partial charge in [0, 0.05) is 41.5 Å². The molecule has 0 bridgehead atoms. The van der Waals surface area contributed by atoms with Gasteiger partial charge in [-0.05, 0) is 36.4 Å². The molecule has 0 unspecified atom stereocenters. The van der Waals surface area contributed by atoms with Crippen LogP contribution in [0.2, 0.25) is 10.0 Å². The molecule has 0 N–H and O–H groups in total. The van der Waals surface area contributed by atoms with Gasteiger partial charge in [-0.15, -0.1) is 0 Å². The lowest BCUT2D eigenvalue weighted by Crippen LogP contribution is -1.97. The van der Waals surface area contributed by atoms with Gasteiger partial charge in [-0.1, -0.05) is 53.5 Å². The molecule has 0 radical (unpaired) electrons. The molecule has 0 spiro atoms. The van der Waals surface area contributed by atoms with E-state index in [0.717, 1.165) is 12.1 Å². The molecular weight excluding hydrogens is 848 g/mol. The molecule has 60 heavy (non-hydrogen) atoms. The first-order chi connectivity index (χ1) is 28.4. The lowest BCUT2D eigenvalue weighted by molar-refractivity contribution is -0.387. The fourth-order valence-corrected chi connectivity index (χ4v) is 4.42. The van der Waals surface area contributed by atoms with Crippen molar-refractivity contribution in [3.8, 4) is 5.75 Å². The van der Waals surface area contributed by atoms with Crippen molar-refractivity contribution in [3.05, 3.63) is 191 Å². The highest BCUT2D eigenvalue weighted by molar-refractivity contribution is 6.33. The Hall–Kier alpha value is -8.24. The van der Waals surface area contributed by atoms with Gasteiger partial charge in [0.15, 0.2) is 24.6 Å². The van der Waals surface area contributed by atoms with Gasteiger partial charge in [0.25, 0.3) is 17.1 Å². The van der Waals surface area contributed by atoms with Crippen LogP contribution in [0.4, 0.5) is 32.8 Å². The molecule has 0 heterocycles. The molecule has 0 saturated heterocycles. The van der Waals surface area contributed by atoms with Gasteiger partial charge >= 0.3 is 11.4 Å². The SMILES string of the molecule is COc1cccc(C=O)c1[N+](=O)[O-].O=Cc1c(Cl)cccc1[N+](=O)[O-].O=Cc1ccc(Cl)c([N+](=O)[O-])c1.O=Cc1cccc([N+](=O)[O-])c1.O=Cc1cccc([N+](=O)[O-])c1F. The zero-order valence-corrected chi connectivity index (χ0v) is 31.5. The van der Waals surface area contributed by atoms with Gasteiger partial charge in [0.2, 0.25) is 5.82 Å². The van der Waals surface area contributed by atoms with E-state index < -0.39 is 36.1 Å². The van der Waals surface area contributed by atoms with Gasteiger partial charge in [0.05, 0.1) is 47.9 Å². The van der Waals surface area contributed by atoms with Crippen LogP contribution in [0.1, 0.15) is 51.8 Å². The van der Waals surface area contributed by atoms with Gasteiger partial charge in [0.1, 0.15) is 23.2 Å². The lowest BCUT2D eigenvalue weighted by atomic mass is 10.2. The van der Waals surface area contributed by atoms with Crippen molar-refractivity contribution in [1.29, 1.82) is 0 Å². The molecule has 5 rings (SSSR count). The Morgan fingerprint density at radius 3 is 1.52 bits per heavy atom. The number of halogens is 3. The molecule has 0 aliphatic carbocycles. The van der Waals surface area contributed by atoms with Crippen LogP contribution in [-0.4, -0.2) is 63.2 Å². The first kappa shape index (κ1) is 49.8. The van der Waals surface area contributed by atoms with Crippen LogP contribution in [0.5, 0.6) is 5.75 Å². The quantitative estimate of drug-likeness (QED) is 0.0682. The van der Waals surface area contributed by atoms with E-state index in [1.54, 1.807) is 0 Å². The maximum atomic E-state index is 12.9. The van der Waals surface area contributed by atoms with Crippen LogP contribution in [0, 0.1) is 56.4 Å². The Morgan fingerprint density at radius 1 is 0.517 bits per heavy atom. The molecule has 5 aromatic carbocycles. The zero-order chi connectivity index (χ0) is 45.5. The molecule has 0 amide bonds. The maximum absolute atomic E-state index is 12.9. The lowest BCUT2D eigenvalue weighted by Gasteiger charge is -2.01. The number of carbonyl (C=O) groups excluding carboxylic acids is 5. The summed E-state index contributed by atoms with van der Waals surface area (Å²) >= 11 is 11.0. The van der Waals surface area contributed by atoms with Crippen molar-refractivity contribution < 1.29 is 57.7 Å². The maximum Gasteiger partial charge on any atom is 0.321 e. The number of ether oxygens (including phenoxy) is 1. The highest BCUT2D eigenvalue weighted by Gasteiger charge is 2.20. The summed E-state index contributed by atoms with van der Waals surface area (Å²) in [6.45, 7) is 0. The van der Waals surface area contributed by atoms with Crippen LogP contribution >= 0.6 is 23.2 Å². The molecule has 0 aromatic heterocycles. The number of nitro groups is 5. The van der Waals surface area contributed by atoms with Crippen LogP contribution in [0.25, 0.3) is 0 Å². The normalized spacial score (nSPS) is 9.33. The van der Waals surface area contributed by atoms with Gasteiger partial charge < -0.3 is 4.74 Å². The third-order valence-corrected chi connectivity index (χ3v) is 7.41. The van der Waals surface area contributed by atoms with Crippen molar-refractivity contribution in [2.45, 2.75) is 0 Å². The molecule has 310 valence electrons. The Balaban J connectivity index is 0.000000375. The number of para-hydroxylation sites is 1. The Bertz CT molecular complexity index is 2420. The number of aldehydes is 5. The van der Waals surface area contributed by atoms with E-state index >= 15 is 0 Å². The molecule has 0 fully saturated rings. The van der Waals surface area contributed by atoms with Crippen molar-refractivity contribution in [2.24, 2.45) is 0 Å². The number of hydrogen-bond acceptors (Lipinski definition) is 16. The fraction of sp³-hybridized carbons (Fsp3) is 0.0278. The molecule has 24 heteroatoms. The number of benzene rings is 5. The topological polar surface area (TPSA) is 310 Å². The highest BCUT2D eigenvalue weighted by Crippen LogP contribution is 2.29. The summed E-state index contributed by atoms with van der Waals surface area (Å²) in [5.74, 6) is -0.993. The number of non-ortho nitro benzene ring substituents is 1. The van der Waals surface area contributed by atoms with E-state index in [0.29, 0.717) is 30.7 Å². The first-order valence-corrected chi connectivity index (χ1v) is 16.3. The van der Waals surface area contributed by atoms with E-state index in [1.165, 1.54) is 92.0 Å². The van der Waals surface area contributed by atoms with E-state index in [9.17, 15) is 78.9 Å². The monoisotopic (exact) mass is 871 g/mol. The van der Waals surface area contributed by atoms with Crippen LogP contribution < -0.4 is 4.74 Å². The number of rotatable bonds is 11. The minimum atomic E-state index is -1.09. The summed E-state index contributed by atoms with van der Waals surface area (Å²) in [6, 6.07) is 21.3. The minimum absolute atomic E-state index is 0.0179. The molecular formula is C36H24Cl2FN5O16. The van der Waals surface area contributed by atoms with Crippen molar-refractivity contribution >= 4 is 83.1 Å². The molecule has 0 aliphatic heterocycles. The largest absolute Gasteiger partial charge is 0.490 e. The third-order valence-electron chi connectivity index (χ3n) is 6.76. The Morgan fingerprint density at radius 2 is 1.03 bits per heavy atom. The van der Waals surface area contributed by atoms with Gasteiger partial charge in [-0.2, -0.15) is 4.39 Å². The van der Waals surface area contributed by atoms with Gasteiger partial charge in [-0.25, -0.2) is 0 Å². The van der Waals surface area contributed by atoms with Crippen molar-refractivity contribution in [2.75, 3.05) is 7.11 Å². The summed E-state index contributed by atoms with van der Waals surface area (Å²) in [7, 11) is 1.32. The minimum Gasteiger partial charge on any atom is -0.490 e. The number of hydrogen-bond donors (Lipinski definition) is 0. The number of nitrogens with zero attached hydrogens (tertiary/aromatic N) is 5. The second-order valence-corrected chi connectivity index (χ2v) is 11.2. The predicted octanol–water partition coefficient (Wildman–Crippen LogP) is 8.49. The number of methoxy groups -OCH3 is 1. The molecule has 0 atom stereocenters. The molecule has 5 aromatic rings. The Kier molecular flexibility index (Phi) is 20.8. The van der Waals surface area contributed by atoms with E-state index in [1.807, 2.05) is 0 Å². The van der Waals surface area contributed by atoms with E-state index in [-0.39, 0.29) is 67.1 Å². The van der Waals surface area contributed by atoms with E-state index in [2.05, 4.69) is 0 Å². The number of nitro benzene ring substituents is 5. The second kappa shape index (κ2) is 25.1. The molecule has 0 aliphatic rings. The Labute approximate surface area is 344 Å². The van der Waals surface area contributed by atoms with Crippen molar-refractivity contribution in [1.82, 2.24) is 0 Å². The highest BCUT2D eigenvalue weighted by atomic mass is 35.5.